The van der Waals surface area contributed by atoms with E-state index in [-0.39, 0.29) is 5.75 Å². The molecule has 0 heterocycles. The average Bonchev–Trinajstić information content (AvgIpc) is 2.53. The number of methoxy groups -OCH3 is 2. The second-order valence-electron chi connectivity index (χ2n) is 5.33. The minimum absolute atomic E-state index is 0.0309. The lowest BCUT2D eigenvalue weighted by Gasteiger charge is -2.15. The van der Waals surface area contributed by atoms with E-state index in [1.165, 1.54) is 13.2 Å². The maximum atomic E-state index is 11.7. The third-order valence-electron chi connectivity index (χ3n) is 3.80. The van der Waals surface area contributed by atoms with Crippen LogP contribution in [0.4, 0.5) is 0 Å². The fourth-order valence-electron chi connectivity index (χ4n) is 2.55. The highest BCUT2D eigenvalue weighted by molar-refractivity contribution is 5.76. The Hall–Kier alpha value is -2.69. The van der Waals surface area contributed by atoms with Gasteiger partial charge in [-0.15, -0.1) is 0 Å². The Morgan fingerprint density at radius 1 is 1.09 bits per heavy atom. The molecular weight excluding hydrogens is 296 g/mol. The Balaban J connectivity index is 2.32. The number of carboxylic acids is 1. The number of aromatic hydroxyl groups is 1. The maximum absolute atomic E-state index is 11.7. The van der Waals surface area contributed by atoms with Crippen LogP contribution in [0.1, 0.15) is 22.6 Å². The zero-order valence-electron chi connectivity index (χ0n) is 13.4. The monoisotopic (exact) mass is 316 g/mol. The summed E-state index contributed by atoms with van der Waals surface area (Å²) >= 11 is 0. The second kappa shape index (κ2) is 7.05. The highest BCUT2D eigenvalue weighted by atomic mass is 16.5. The number of aliphatic carboxylic acids is 1. The SMILES string of the molecule is COc1ccc(C(Cc2ccc(O)c(OC)c2)C(=O)O)cc1C. The van der Waals surface area contributed by atoms with E-state index in [0.29, 0.717) is 17.7 Å². The van der Waals surface area contributed by atoms with Gasteiger partial charge in [0.1, 0.15) is 5.75 Å². The maximum Gasteiger partial charge on any atom is 0.311 e. The molecule has 0 spiro atoms. The number of hydrogen-bond donors (Lipinski definition) is 2. The molecule has 0 fully saturated rings. The van der Waals surface area contributed by atoms with Crippen LogP contribution in [0.3, 0.4) is 0 Å². The second-order valence-corrected chi connectivity index (χ2v) is 5.33. The van der Waals surface area contributed by atoms with Gasteiger partial charge in [-0.25, -0.2) is 0 Å². The Morgan fingerprint density at radius 3 is 2.35 bits per heavy atom. The smallest absolute Gasteiger partial charge is 0.311 e. The van der Waals surface area contributed by atoms with E-state index in [1.807, 2.05) is 13.0 Å². The summed E-state index contributed by atoms with van der Waals surface area (Å²) in [5.41, 5.74) is 2.38. The van der Waals surface area contributed by atoms with Crippen LogP contribution >= 0.6 is 0 Å². The molecule has 0 amide bonds. The molecular formula is C18H20O5. The summed E-state index contributed by atoms with van der Waals surface area (Å²) in [5, 5.41) is 19.2. The summed E-state index contributed by atoms with van der Waals surface area (Å²) in [6.45, 7) is 1.88. The molecule has 0 saturated carbocycles. The topological polar surface area (TPSA) is 76.0 Å². The van der Waals surface area contributed by atoms with Crippen molar-refractivity contribution in [3.8, 4) is 17.2 Å². The van der Waals surface area contributed by atoms with Crippen LogP contribution in [0.15, 0.2) is 36.4 Å². The number of phenols is 1. The van der Waals surface area contributed by atoms with Crippen molar-refractivity contribution in [2.75, 3.05) is 14.2 Å². The van der Waals surface area contributed by atoms with Crippen molar-refractivity contribution in [3.63, 3.8) is 0 Å². The van der Waals surface area contributed by atoms with Crippen molar-refractivity contribution >= 4 is 5.97 Å². The third kappa shape index (κ3) is 3.74. The van der Waals surface area contributed by atoms with E-state index < -0.39 is 11.9 Å². The molecule has 0 aliphatic carbocycles. The van der Waals surface area contributed by atoms with Crippen LogP contribution in [0.5, 0.6) is 17.2 Å². The first kappa shape index (κ1) is 16.7. The molecule has 2 N–H and O–H groups in total. The fraction of sp³-hybridized carbons (Fsp3) is 0.278. The molecule has 2 rings (SSSR count). The molecule has 2 aromatic carbocycles. The minimum Gasteiger partial charge on any atom is -0.504 e. The van der Waals surface area contributed by atoms with E-state index in [9.17, 15) is 15.0 Å². The van der Waals surface area contributed by atoms with Crippen LogP contribution in [0.25, 0.3) is 0 Å². The summed E-state index contributed by atoms with van der Waals surface area (Å²) in [5.74, 6) is -0.499. The number of rotatable bonds is 6. The van der Waals surface area contributed by atoms with Crippen molar-refractivity contribution in [1.29, 1.82) is 0 Å². The lowest BCUT2D eigenvalue weighted by atomic mass is 9.91. The van der Waals surface area contributed by atoms with Gasteiger partial charge in [0, 0.05) is 0 Å². The number of carbonyl (C=O) groups is 1. The molecule has 2 aromatic rings. The summed E-state index contributed by atoms with van der Waals surface area (Å²) in [6, 6.07) is 10.2. The Labute approximate surface area is 135 Å². The zero-order valence-corrected chi connectivity index (χ0v) is 13.4. The molecule has 1 atom stereocenters. The molecule has 0 aliphatic heterocycles. The van der Waals surface area contributed by atoms with Gasteiger partial charge in [-0.3, -0.25) is 4.79 Å². The predicted molar refractivity (Wildman–Crippen MR) is 86.5 cm³/mol. The first-order valence-corrected chi connectivity index (χ1v) is 7.19. The van der Waals surface area contributed by atoms with Crippen molar-refractivity contribution in [3.05, 3.63) is 53.1 Å². The first-order valence-electron chi connectivity index (χ1n) is 7.19. The minimum atomic E-state index is -0.901. The quantitative estimate of drug-likeness (QED) is 0.856. The van der Waals surface area contributed by atoms with Gasteiger partial charge in [-0.05, 0) is 48.2 Å². The fourth-order valence-corrected chi connectivity index (χ4v) is 2.55. The molecule has 0 aliphatic rings. The van der Waals surface area contributed by atoms with Gasteiger partial charge in [0.25, 0.3) is 0 Å². The number of carboxylic acid groups (broad SMARTS) is 1. The van der Waals surface area contributed by atoms with Crippen LogP contribution in [0.2, 0.25) is 0 Å². The number of benzene rings is 2. The largest absolute Gasteiger partial charge is 0.504 e. The average molecular weight is 316 g/mol. The van der Waals surface area contributed by atoms with Crippen molar-refractivity contribution in [2.24, 2.45) is 0 Å². The summed E-state index contributed by atoms with van der Waals surface area (Å²) < 4.78 is 10.3. The van der Waals surface area contributed by atoms with E-state index in [0.717, 1.165) is 16.9 Å². The van der Waals surface area contributed by atoms with E-state index in [1.54, 1.807) is 31.4 Å². The van der Waals surface area contributed by atoms with E-state index in [4.69, 9.17) is 9.47 Å². The van der Waals surface area contributed by atoms with Gasteiger partial charge in [-0.2, -0.15) is 0 Å². The highest BCUT2D eigenvalue weighted by Crippen LogP contribution is 2.30. The molecule has 5 nitrogen and oxygen atoms in total. The van der Waals surface area contributed by atoms with Gasteiger partial charge in [0.15, 0.2) is 11.5 Å². The summed E-state index contributed by atoms with van der Waals surface area (Å²) in [4.78, 5) is 11.7. The lowest BCUT2D eigenvalue weighted by molar-refractivity contribution is -0.138. The molecule has 23 heavy (non-hydrogen) atoms. The number of hydrogen-bond acceptors (Lipinski definition) is 4. The molecule has 5 heteroatoms. The van der Waals surface area contributed by atoms with Crippen LogP contribution < -0.4 is 9.47 Å². The predicted octanol–water partition coefficient (Wildman–Crippen LogP) is 3.13. The van der Waals surface area contributed by atoms with Crippen molar-refractivity contribution < 1.29 is 24.5 Å². The zero-order chi connectivity index (χ0) is 17.0. The van der Waals surface area contributed by atoms with E-state index >= 15 is 0 Å². The molecule has 0 saturated heterocycles. The highest BCUT2D eigenvalue weighted by Gasteiger charge is 2.21. The molecule has 0 radical (unpaired) electrons. The standard InChI is InChI=1S/C18H20O5/c1-11-8-13(5-7-16(11)22-2)14(18(20)21)9-12-4-6-15(19)17(10-12)23-3/h4-8,10,14,19H,9H2,1-3H3,(H,20,21). The van der Waals surface area contributed by atoms with E-state index in [2.05, 4.69) is 0 Å². The van der Waals surface area contributed by atoms with Crippen molar-refractivity contribution in [2.45, 2.75) is 19.3 Å². The third-order valence-corrected chi connectivity index (χ3v) is 3.80. The molecule has 122 valence electrons. The van der Waals surface area contributed by atoms with Gasteiger partial charge in [0.05, 0.1) is 20.1 Å². The van der Waals surface area contributed by atoms with Gasteiger partial charge < -0.3 is 19.7 Å². The Kier molecular flexibility index (Phi) is 5.11. The molecule has 0 aromatic heterocycles. The summed E-state index contributed by atoms with van der Waals surface area (Å²) in [6.07, 6.45) is 0.303. The van der Waals surface area contributed by atoms with Gasteiger partial charge in [0.2, 0.25) is 0 Å². The van der Waals surface area contributed by atoms with Crippen LogP contribution in [0, 0.1) is 6.92 Å². The van der Waals surface area contributed by atoms with Crippen LogP contribution in [-0.4, -0.2) is 30.4 Å². The lowest BCUT2D eigenvalue weighted by Crippen LogP contribution is -2.14. The Morgan fingerprint density at radius 2 is 1.78 bits per heavy atom. The van der Waals surface area contributed by atoms with Crippen LogP contribution in [-0.2, 0) is 11.2 Å². The van der Waals surface area contributed by atoms with Gasteiger partial charge >= 0.3 is 5.97 Å². The number of phenolic OH excluding ortho intramolecular Hbond substituents is 1. The van der Waals surface area contributed by atoms with Crippen molar-refractivity contribution in [1.82, 2.24) is 0 Å². The number of aryl methyl sites for hydroxylation is 1. The first-order chi connectivity index (χ1) is 11.0. The number of ether oxygens (including phenoxy) is 2. The summed E-state index contributed by atoms with van der Waals surface area (Å²) in [7, 11) is 3.04. The molecule has 1 unspecified atom stereocenters. The normalized spacial score (nSPS) is 11.8. The Bertz CT molecular complexity index is 709. The molecule has 0 bridgehead atoms. The van der Waals surface area contributed by atoms with Gasteiger partial charge in [-0.1, -0.05) is 18.2 Å².